The van der Waals surface area contributed by atoms with Gasteiger partial charge in [-0.15, -0.1) is 0 Å². The molecule has 1 unspecified atom stereocenters. The van der Waals surface area contributed by atoms with Crippen LogP contribution in [0.4, 0.5) is 5.88 Å². The monoisotopic (exact) mass is 395 g/mol. The van der Waals surface area contributed by atoms with Gasteiger partial charge < -0.3 is 9.26 Å². The number of amides is 1. The third kappa shape index (κ3) is 6.37. The lowest BCUT2D eigenvalue weighted by Crippen LogP contribution is -2.40. The minimum atomic E-state index is -3.26. The Morgan fingerprint density at radius 1 is 1.37 bits per heavy atom. The number of rotatable bonds is 9. The fraction of sp³-hybridized carbons (Fsp3) is 0.444. The number of sulfone groups is 1. The summed E-state index contributed by atoms with van der Waals surface area (Å²) in [6.45, 7) is 4.62. The first-order chi connectivity index (χ1) is 12.7. The second kappa shape index (κ2) is 9.01. The third-order valence-corrected chi connectivity index (χ3v) is 5.18. The molecule has 0 bridgehead atoms. The second-order valence-electron chi connectivity index (χ2n) is 6.43. The van der Waals surface area contributed by atoms with Gasteiger partial charge in [0.25, 0.3) is 0 Å². The lowest BCUT2D eigenvalue weighted by Gasteiger charge is -2.23. The predicted octanol–water partition coefficient (Wildman–Crippen LogP) is 2.11. The van der Waals surface area contributed by atoms with Gasteiger partial charge in [0.1, 0.15) is 5.75 Å². The molecule has 0 saturated carbocycles. The van der Waals surface area contributed by atoms with Crippen molar-refractivity contribution < 1.29 is 22.5 Å². The zero-order valence-corrected chi connectivity index (χ0v) is 16.7. The largest absolute Gasteiger partial charge is 0.494 e. The van der Waals surface area contributed by atoms with Crippen molar-refractivity contribution in [1.29, 1.82) is 0 Å². The van der Waals surface area contributed by atoms with Crippen molar-refractivity contribution in [3.8, 4) is 5.75 Å². The Bertz CT molecular complexity index is 879. The molecule has 0 aliphatic carbocycles. The molecule has 0 fully saturated rings. The summed E-state index contributed by atoms with van der Waals surface area (Å²) in [6, 6.07) is 7.71. The number of benzene rings is 1. The smallest absolute Gasteiger partial charge is 0.243 e. The maximum Gasteiger partial charge on any atom is 0.243 e. The van der Waals surface area contributed by atoms with Gasteiger partial charge in [-0.1, -0.05) is 11.2 Å². The van der Waals surface area contributed by atoms with E-state index >= 15 is 0 Å². The Balaban J connectivity index is 1.77. The van der Waals surface area contributed by atoms with E-state index < -0.39 is 9.84 Å². The van der Waals surface area contributed by atoms with Crippen LogP contribution in [0.2, 0.25) is 0 Å². The van der Waals surface area contributed by atoms with E-state index in [-0.39, 0.29) is 16.8 Å². The molecular formula is C18H25N3O5S. The molecule has 9 heteroatoms. The van der Waals surface area contributed by atoms with E-state index in [0.717, 1.165) is 6.26 Å². The fourth-order valence-corrected chi connectivity index (χ4v) is 3.00. The van der Waals surface area contributed by atoms with Crippen molar-refractivity contribution in [2.45, 2.75) is 31.2 Å². The molecule has 1 amide bonds. The van der Waals surface area contributed by atoms with Gasteiger partial charge in [0.05, 0.1) is 23.2 Å². The Morgan fingerprint density at radius 3 is 2.74 bits per heavy atom. The van der Waals surface area contributed by atoms with Gasteiger partial charge in [-0.25, -0.2) is 8.42 Å². The van der Waals surface area contributed by atoms with E-state index in [1.165, 1.54) is 12.1 Å². The number of likely N-dealkylation sites (N-methyl/N-ethyl adjacent to an activating group) is 1. The number of hydrogen-bond acceptors (Lipinski definition) is 7. The number of aromatic nitrogens is 1. The standard InChI is InChI=1S/C18H25N3O5S/c1-13-11-17(26-20-13)19-18(22)14(2)21(3)9-6-10-25-15-7-5-8-16(12-15)27(4,23)24/h5,7-8,11-12,14H,6,9-10H2,1-4H3,(H,19,22). The zero-order valence-electron chi connectivity index (χ0n) is 15.9. The molecule has 1 heterocycles. The van der Waals surface area contributed by atoms with Crippen LogP contribution < -0.4 is 10.1 Å². The first-order valence-corrected chi connectivity index (χ1v) is 10.4. The first-order valence-electron chi connectivity index (χ1n) is 8.54. The average Bonchev–Trinajstić information content (AvgIpc) is 3.02. The van der Waals surface area contributed by atoms with Crippen LogP contribution in [0.15, 0.2) is 39.8 Å². The molecule has 1 aromatic heterocycles. The van der Waals surface area contributed by atoms with E-state index in [0.29, 0.717) is 36.9 Å². The third-order valence-electron chi connectivity index (χ3n) is 4.07. The van der Waals surface area contributed by atoms with Gasteiger partial charge in [-0.05, 0) is 45.5 Å². The number of carbonyl (C=O) groups is 1. The van der Waals surface area contributed by atoms with E-state index in [4.69, 9.17) is 9.26 Å². The molecule has 0 saturated heterocycles. The second-order valence-corrected chi connectivity index (χ2v) is 8.44. The highest BCUT2D eigenvalue weighted by molar-refractivity contribution is 7.90. The molecule has 0 aliphatic rings. The highest BCUT2D eigenvalue weighted by Crippen LogP contribution is 2.17. The number of carbonyl (C=O) groups excluding carboxylic acids is 1. The number of aryl methyl sites for hydroxylation is 1. The number of nitrogens with zero attached hydrogens (tertiary/aromatic N) is 2. The van der Waals surface area contributed by atoms with Crippen molar-refractivity contribution in [2.75, 3.05) is 31.8 Å². The number of anilines is 1. The number of hydrogen-bond donors (Lipinski definition) is 1. The number of nitrogens with one attached hydrogen (secondary N) is 1. The van der Waals surface area contributed by atoms with Gasteiger partial charge in [0.15, 0.2) is 9.84 Å². The topological polar surface area (TPSA) is 102 Å². The summed E-state index contributed by atoms with van der Waals surface area (Å²) >= 11 is 0. The summed E-state index contributed by atoms with van der Waals surface area (Å²) in [5.41, 5.74) is 0.698. The first kappa shape index (κ1) is 20.9. The molecule has 0 radical (unpaired) electrons. The van der Waals surface area contributed by atoms with Gasteiger partial charge >= 0.3 is 0 Å². The summed E-state index contributed by atoms with van der Waals surface area (Å²) in [5.74, 6) is 0.648. The van der Waals surface area contributed by atoms with E-state index in [1.54, 1.807) is 32.0 Å². The average molecular weight is 395 g/mol. The molecule has 1 aromatic carbocycles. The number of ether oxygens (including phenoxy) is 1. The summed E-state index contributed by atoms with van der Waals surface area (Å²) in [5, 5.41) is 6.41. The molecule has 2 rings (SSSR count). The SMILES string of the molecule is Cc1cc(NC(=O)C(C)N(C)CCCOc2cccc(S(C)(=O)=O)c2)on1. The van der Waals surface area contributed by atoms with Crippen molar-refractivity contribution in [3.63, 3.8) is 0 Å². The van der Waals surface area contributed by atoms with Crippen molar-refractivity contribution in [1.82, 2.24) is 10.1 Å². The molecule has 27 heavy (non-hydrogen) atoms. The Kier molecular flexibility index (Phi) is 6.98. The molecule has 0 aliphatic heterocycles. The molecule has 2 aromatic rings. The van der Waals surface area contributed by atoms with Crippen LogP contribution >= 0.6 is 0 Å². The van der Waals surface area contributed by atoms with E-state index in [2.05, 4.69) is 10.5 Å². The molecular weight excluding hydrogens is 370 g/mol. The highest BCUT2D eigenvalue weighted by atomic mass is 32.2. The molecule has 1 atom stereocenters. The lowest BCUT2D eigenvalue weighted by molar-refractivity contribution is -0.120. The summed E-state index contributed by atoms with van der Waals surface area (Å²) < 4.78 is 33.7. The Morgan fingerprint density at radius 2 is 2.11 bits per heavy atom. The maximum absolute atomic E-state index is 12.2. The van der Waals surface area contributed by atoms with Crippen LogP contribution in [0.1, 0.15) is 19.0 Å². The Labute approximate surface area is 159 Å². The van der Waals surface area contributed by atoms with Crippen molar-refractivity contribution in [2.24, 2.45) is 0 Å². The normalized spacial score (nSPS) is 12.8. The van der Waals surface area contributed by atoms with Crippen LogP contribution in [0.25, 0.3) is 0 Å². The minimum absolute atomic E-state index is 0.185. The highest BCUT2D eigenvalue weighted by Gasteiger charge is 2.19. The van der Waals surface area contributed by atoms with Crippen LogP contribution in [0.5, 0.6) is 5.75 Å². The van der Waals surface area contributed by atoms with Crippen LogP contribution in [0.3, 0.4) is 0 Å². The fourth-order valence-electron chi connectivity index (χ4n) is 2.34. The van der Waals surface area contributed by atoms with Crippen LogP contribution in [-0.4, -0.2) is 56.9 Å². The van der Waals surface area contributed by atoms with Crippen molar-refractivity contribution >= 4 is 21.6 Å². The lowest BCUT2D eigenvalue weighted by atomic mass is 10.2. The molecule has 1 N–H and O–H groups in total. The van der Waals surface area contributed by atoms with Crippen LogP contribution in [0, 0.1) is 6.92 Å². The van der Waals surface area contributed by atoms with Gasteiger partial charge in [0, 0.05) is 18.9 Å². The predicted molar refractivity (Wildman–Crippen MR) is 102 cm³/mol. The van der Waals surface area contributed by atoms with Gasteiger partial charge in [0.2, 0.25) is 11.8 Å². The van der Waals surface area contributed by atoms with E-state index in [9.17, 15) is 13.2 Å². The molecule has 0 spiro atoms. The summed E-state index contributed by atoms with van der Waals surface area (Å²) in [4.78, 5) is 14.3. The van der Waals surface area contributed by atoms with Gasteiger partial charge in [-0.2, -0.15) is 0 Å². The minimum Gasteiger partial charge on any atom is -0.494 e. The summed E-state index contributed by atoms with van der Waals surface area (Å²) in [7, 11) is -1.41. The summed E-state index contributed by atoms with van der Waals surface area (Å²) in [6.07, 6.45) is 1.84. The molecule has 8 nitrogen and oxygen atoms in total. The molecule has 148 valence electrons. The van der Waals surface area contributed by atoms with E-state index in [1.807, 2.05) is 11.9 Å². The van der Waals surface area contributed by atoms with Gasteiger partial charge in [-0.3, -0.25) is 15.0 Å². The maximum atomic E-state index is 12.2. The quantitative estimate of drug-likeness (QED) is 0.649. The van der Waals surface area contributed by atoms with Crippen LogP contribution in [-0.2, 0) is 14.6 Å². The van der Waals surface area contributed by atoms with Crippen molar-refractivity contribution in [3.05, 3.63) is 36.0 Å². The zero-order chi connectivity index (χ0) is 20.0. The Hall–Kier alpha value is -2.39.